The Bertz CT molecular complexity index is 566. The van der Waals surface area contributed by atoms with Gasteiger partial charge in [-0.3, -0.25) is 0 Å². The van der Waals surface area contributed by atoms with Gasteiger partial charge in [0, 0.05) is 11.5 Å². The molecule has 82 valence electrons. The SMILES string of the molecule is COc1ccc2cc(N)c(C(=O)O)nc2c1. The van der Waals surface area contributed by atoms with Crippen LogP contribution in [0.1, 0.15) is 10.5 Å². The molecule has 0 saturated carbocycles. The number of aromatic nitrogens is 1. The average Bonchev–Trinajstić information content (AvgIpc) is 2.27. The molecule has 3 N–H and O–H groups in total. The number of pyridine rings is 1. The summed E-state index contributed by atoms with van der Waals surface area (Å²) in [5, 5.41) is 9.66. The summed E-state index contributed by atoms with van der Waals surface area (Å²) in [6.07, 6.45) is 0. The van der Waals surface area contributed by atoms with Crippen molar-refractivity contribution in [3.05, 3.63) is 30.0 Å². The number of aromatic carboxylic acids is 1. The molecule has 0 spiro atoms. The molecule has 2 aromatic rings. The van der Waals surface area contributed by atoms with Crippen LogP contribution in [0.2, 0.25) is 0 Å². The molecule has 0 saturated heterocycles. The molecule has 5 heteroatoms. The first-order chi connectivity index (χ1) is 7.61. The molecular weight excluding hydrogens is 208 g/mol. The number of rotatable bonds is 2. The molecule has 5 nitrogen and oxygen atoms in total. The molecule has 0 aliphatic rings. The van der Waals surface area contributed by atoms with Gasteiger partial charge in [0.15, 0.2) is 5.69 Å². The molecule has 0 radical (unpaired) electrons. The highest BCUT2D eigenvalue weighted by Crippen LogP contribution is 2.22. The second-order valence-electron chi connectivity index (χ2n) is 3.29. The normalized spacial score (nSPS) is 10.3. The van der Waals surface area contributed by atoms with Gasteiger partial charge >= 0.3 is 5.97 Å². The third kappa shape index (κ3) is 1.63. The summed E-state index contributed by atoms with van der Waals surface area (Å²) in [4.78, 5) is 14.8. The lowest BCUT2D eigenvalue weighted by Gasteiger charge is -2.05. The summed E-state index contributed by atoms with van der Waals surface area (Å²) in [5.41, 5.74) is 6.15. The second kappa shape index (κ2) is 3.69. The number of ether oxygens (including phenoxy) is 1. The van der Waals surface area contributed by atoms with Crippen molar-refractivity contribution >= 4 is 22.6 Å². The quantitative estimate of drug-likeness (QED) is 0.798. The van der Waals surface area contributed by atoms with Gasteiger partial charge in [-0.05, 0) is 18.2 Å². The van der Waals surface area contributed by atoms with Crippen molar-refractivity contribution < 1.29 is 14.6 Å². The summed E-state index contributed by atoms with van der Waals surface area (Å²) in [5.74, 6) is -0.511. The maximum Gasteiger partial charge on any atom is 0.356 e. The molecule has 16 heavy (non-hydrogen) atoms. The van der Waals surface area contributed by atoms with Gasteiger partial charge in [-0.2, -0.15) is 0 Å². The maximum atomic E-state index is 10.8. The standard InChI is InChI=1S/C11H10N2O3/c1-16-7-3-2-6-4-8(12)10(11(14)15)13-9(6)5-7/h2-5H,12H2,1H3,(H,14,15). The van der Waals surface area contributed by atoms with Crippen LogP contribution in [0.25, 0.3) is 10.9 Å². The largest absolute Gasteiger partial charge is 0.497 e. The molecule has 0 bridgehead atoms. The molecule has 1 aromatic heterocycles. The zero-order valence-electron chi connectivity index (χ0n) is 8.60. The van der Waals surface area contributed by atoms with E-state index >= 15 is 0 Å². The molecule has 0 unspecified atom stereocenters. The Morgan fingerprint density at radius 2 is 2.19 bits per heavy atom. The number of nitrogens with two attached hydrogens (primary N) is 1. The van der Waals surface area contributed by atoms with Gasteiger partial charge in [0.1, 0.15) is 5.75 Å². The Morgan fingerprint density at radius 3 is 2.81 bits per heavy atom. The Balaban J connectivity index is 2.70. The number of hydrogen-bond acceptors (Lipinski definition) is 4. The number of methoxy groups -OCH3 is 1. The average molecular weight is 218 g/mol. The zero-order chi connectivity index (χ0) is 11.7. The van der Waals surface area contributed by atoms with Crippen LogP contribution >= 0.6 is 0 Å². The third-order valence-corrected chi connectivity index (χ3v) is 2.26. The molecule has 0 aliphatic heterocycles. The van der Waals surface area contributed by atoms with Crippen LogP contribution in [0.3, 0.4) is 0 Å². The molecule has 2 rings (SSSR count). The number of carbonyl (C=O) groups is 1. The van der Waals surface area contributed by atoms with Crippen molar-refractivity contribution in [2.45, 2.75) is 0 Å². The Hall–Kier alpha value is -2.30. The van der Waals surface area contributed by atoms with Gasteiger partial charge in [-0.1, -0.05) is 0 Å². The highest BCUT2D eigenvalue weighted by molar-refractivity contribution is 5.96. The number of hydrogen-bond donors (Lipinski definition) is 2. The first-order valence-electron chi connectivity index (χ1n) is 4.59. The summed E-state index contributed by atoms with van der Waals surface area (Å²) in [6.45, 7) is 0. The lowest BCUT2D eigenvalue weighted by molar-refractivity contribution is 0.0692. The van der Waals surface area contributed by atoms with Gasteiger partial charge in [0.05, 0.1) is 18.3 Å². The molecule has 0 amide bonds. The fourth-order valence-electron chi connectivity index (χ4n) is 1.46. The highest BCUT2D eigenvalue weighted by atomic mass is 16.5. The van der Waals surface area contributed by atoms with Crippen LogP contribution < -0.4 is 10.5 Å². The summed E-state index contributed by atoms with van der Waals surface area (Å²) < 4.78 is 5.03. The molecule has 0 fully saturated rings. The van der Waals surface area contributed by atoms with Crippen LogP contribution in [0.15, 0.2) is 24.3 Å². The van der Waals surface area contributed by atoms with Crippen LogP contribution in [0, 0.1) is 0 Å². The first-order valence-corrected chi connectivity index (χ1v) is 4.59. The fraction of sp³-hybridized carbons (Fsp3) is 0.0909. The van der Waals surface area contributed by atoms with E-state index in [1.807, 2.05) is 0 Å². The fourth-order valence-corrected chi connectivity index (χ4v) is 1.46. The van der Waals surface area contributed by atoms with E-state index < -0.39 is 5.97 Å². The van der Waals surface area contributed by atoms with E-state index in [1.54, 1.807) is 24.3 Å². The lowest BCUT2D eigenvalue weighted by Crippen LogP contribution is -2.05. The molecule has 1 aromatic carbocycles. The van der Waals surface area contributed by atoms with Gasteiger partial charge < -0.3 is 15.6 Å². The number of nitrogen functional groups attached to an aromatic ring is 1. The van der Waals surface area contributed by atoms with E-state index in [4.69, 9.17) is 15.6 Å². The maximum absolute atomic E-state index is 10.8. The zero-order valence-corrected chi connectivity index (χ0v) is 8.60. The monoisotopic (exact) mass is 218 g/mol. The lowest BCUT2D eigenvalue weighted by atomic mass is 10.1. The number of carboxylic acids is 1. The topological polar surface area (TPSA) is 85.4 Å². The molecule has 0 atom stereocenters. The minimum atomic E-state index is -1.14. The summed E-state index contributed by atoms with van der Waals surface area (Å²) in [7, 11) is 1.54. The van der Waals surface area contributed by atoms with Crippen molar-refractivity contribution in [1.82, 2.24) is 4.98 Å². The van der Waals surface area contributed by atoms with Gasteiger partial charge in [0.2, 0.25) is 0 Å². The molecular formula is C11H10N2O3. The number of benzene rings is 1. The van der Waals surface area contributed by atoms with Crippen molar-refractivity contribution in [3.8, 4) is 5.75 Å². The van der Waals surface area contributed by atoms with Gasteiger partial charge in [-0.25, -0.2) is 9.78 Å². The first kappa shape index (κ1) is 10.2. The van der Waals surface area contributed by atoms with Crippen molar-refractivity contribution in [3.63, 3.8) is 0 Å². The second-order valence-corrected chi connectivity index (χ2v) is 3.29. The van der Waals surface area contributed by atoms with Gasteiger partial charge in [-0.15, -0.1) is 0 Å². The summed E-state index contributed by atoms with van der Waals surface area (Å²) >= 11 is 0. The minimum absolute atomic E-state index is 0.138. The minimum Gasteiger partial charge on any atom is -0.497 e. The smallest absolute Gasteiger partial charge is 0.356 e. The number of anilines is 1. The van der Waals surface area contributed by atoms with E-state index in [0.29, 0.717) is 11.3 Å². The summed E-state index contributed by atoms with van der Waals surface area (Å²) in [6, 6.07) is 6.81. The van der Waals surface area contributed by atoms with Crippen molar-refractivity contribution in [2.24, 2.45) is 0 Å². The van der Waals surface area contributed by atoms with E-state index in [9.17, 15) is 4.79 Å². The Labute approximate surface area is 91.5 Å². The van der Waals surface area contributed by atoms with Crippen molar-refractivity contribution in [1.29, 1.82) is 0 Å². The van der Waals surface area contributed by atoms with E-state index in [1.165, 1.54) is 7.11 Å². The Morgan fingerprint density at radius 1 is 1.44 bits per heavy atom. The van der Waals surface area contributed by atoms with E-state index in [-0.39, 0.29) is 11.4 Å². The number of nitrogens with zero attached hydrogens (tertiary/aromatic N) is 1. The van der Waals surface area contributed by atoms with Crippen LogP contribution in [0.4, 0.5) is 5.69 Å². The predicted molar refractivity (Wildman–Crippen MR) is 59.7 cm³/mol. The van der Waals surface area contributed by atoms with E-state index in [2.05, 4.69) is 4.98 Å². The molecule has 0 aliphatic carbocycles. The van der Waals surface area contributed by atoms with Crippen LogP contribution in [-0.2, 0) is 0 Å². The van der Waals surface area contributed by atoms with Crippen molar-refractivity contribution in [2.75, 3.05) is 12.8 Å². The Kier molecular flexibility index (Phi) is 2.36. The predicted octanol–water partition coefficient (Wildman–Crippen LogP) is 1.52. The number of fused-ring (bicyclic) bond motifs is 1. The third-order valence-electron chi connectivity index (χ3n) is 2.26. The highest BCUT2D eigenvalue weighted by Gasteiger charge is 2.11. The number of carboxylic acid groups (broad SMARTS) is 1. The van der Waals surface area contributed by atoms with E-state index in [0.717, 1.165) is 5.39 Å². The van der Waals surface area contributed by atoms with Gasteiger partial charge in [0.25, 0.3) is 0 Å². The molecule has 1 heterocycles. The van der Waals surface area contributed by atoms with Crippen LogP contribution in [0.5, 0.6) is 5.75 Å². The van der Waals surface area contributed by atoms with Crippen LogP contribution in [-0.4, -0.2) is 23.2 Å².